The number of ether oxygens (including phenoxy) is 1. The number of anilines is 2. The largest absolute Gasteiger partial charge is 0.442 e. The molecule has 9 nitrogen and oxygen atoms in total. The Bertz CT molecular complexity index is 1020. The Morgan fingerprint density at radius 1 is 1.41 bits per heavy atom. The second-order valence-electron chi connectivity index (χ2n) is 7.62. The number of rotatable bonds is 7. The summed E-state index contributed by atoms with van der Waals surface area (Å²) >= 11 is 0. The molecule has 2 aromatic rings. The summed E-state index contributed by atoms with van der Waals surface area (Å²) < 4.78 is 39.9. The van der Waals surface area contributed by atoms with Gasteiger partial charge in [0.25, 0.3) is 0 Å². The van der Waals surface area contributed by atoms with E-state index in [1.165, 1.54) is 19.3 Å². The van der Waals surface area contributed by atoms with Crippen LogP contribution in [0.1, 0.15) is 18.9 Å². The highest BCUT2D eigenvalue weighted by Gasteiger charge is 2.34. The first kappa shape index (κ1) is 21.9. The lowest BCUT2D eigenvalue weighted by molar-refractivity contribution is -0.127. The van der Waals surface area contributed by atoms with E-state index < -0.39 is 41.8 Å². The number of aliphatic hydroxyl groups is 1. The van der Waals surface area contributed by atoms with Gasteiger partial charge in [0.05, 0.1) is 24.8 Å². The molecule has 1 unspecified atom stereocenters. The normalized spacial score (nSPS) is 21.8. The number of cyclic esters (lactones) is 1. The summed E-state index contributed by atoms with van der Waals surface area (Å²) in [6, 6.07) is 2.92. The van der Waals surface area contributed by atoms with Crippen LogP contribution in [0.4, 0.5) is 25.1 Å². The number of nitrogens with one attached hydrogen (secondary N) is 2. The number of aliphatic hydroxyl groups excluding tert-OH is 1. The van der Waals surface area contributed by atoms with E-state index >= 15 is 0 Å². The molecule has 0 bridgehead atoms. The number of benzene rings is 1. The lowest BCUT2D eigenvalue weighted by Crippen LogP contribution is -2.43. The van der Waals surface area contributed by atoms with Crippen LogP contribution in [-0.4, -0.2) is 60.0 Å². The molecule has 2 aliphatic rings. The number of carbonyl (C=O) groups excluding carboxylic acids is 2. The molecule has 0 spiro atoms. The fraction of sp³-hybridized carbons (Fsp3) is 0.381. The number of hydrogen-bond acceptors (Lipinski definition) is 8. The Balaban J connectivity index is 1.51. The van der Waals surface area contributed by atoms with Crippen LogP contribution in [0, 0.1) is 11.6 Å². The molecule has 32 heavy (non-hydrogen) atoms. The topological polar surface area (TPSA) is 117 Å². The summed E-state index contributed by atoms with van der Waals surface area (Å²) in [4.78, 5) is 25.5. The van der Waals surface area contributed by atoms with Gasteiger partial charge in [0.15, 0.2) is 11.6 Å². The Labute approximate surface area is 182 Å². The van der Waals surface area contributed by atoms with Crippen LogP contribution in [0.25, 0.3) is 5.57 Å². The second-order valence-corrected chi connectivity index (χ2v) is 7.62. The van der Waals surface area contributed by atoms with Gasteiger partial charge in [0, 0.05) is 18.2 Å². The lowest BCUT2D eigenvalue weighted by atomic mass is 9.93. The number of amides is 1. The highest BCUT2D eigenvalue weighted by Crippen LogP contribution is 2.32. The van der Waals surface area contributed by atoms with E-state index in [1.807, 2.05) is 0 Å². The van der Waals surface area contributed by atoms with Crippen molar-refractivity contribution < 1.29 is 32.7 Å². The molecule has 2 aliphatic heterocycles. The van der Waals surface area contributed by atoms with Crippen molar-refractivity contribution in [3.05, 3.63) is 47.7 Å². The van der Waals surface area contributed by atoms with Gasteiger partial charge < -0.3 is 25.0 Å². The molecule has 1 amide bonds. The van der Waals surface area contributed by atoms with Crippen LogP contribution in [0.2, 0.25) is 0 Å². The van der Waals surface area contributed by atoms with Gasteiger partial charge in [-0.1, -0.05) is 11.2 Å². The molecule has 0 radical (unpaired) electrons. The van der Waals surface area contributed by atoms with Crippen LogP contribution in [0.3, 0.4) is 0 Å². The van der Waals surface area contributed by atoms with Gasteiger partial charge in [0.1, 0.15) is 30.1 Å². The molecule has 1 fully saturated rings. The molecule has 3 heterocycles. The van der Waals surface area contributed by atoms with Crippen molar-refractivity contribution in [2.24, 2.45) is 0 Å². The van der Waals surface area contributed by atoms with Crippen molar-refractivity contribution in [1.29, 1.82) is 0 Å². The van der Waals surface area contributed by atoms with Gasteiger partial charge in [-0.05, 0) is 31.1 Å². The molecule has 1 saturated heterocycles. The van der Waals surface area contributed by atoms with Gasteiger partial charge in [0.2, 0.25) is 0 Å². The highest BCUT2D eigenvalue weighted by atomic mass is 19.1. The van der Waals surface area contributed by atoms with Gasteiger partial charge in [-0.3, -0.25) is 9.69 Å². The van der Waals surface area contributed by atoms with Crippen LogP contribution < -0.4 is 15.5 Å². The molecule has 3 N–H and O–H groups in total. The van der Waals surface area contributed by atoms with Crippen LogP contribution in [0.5, 0.6) is 0 Å². The predicted molar refractivity (Wildman–Crippen MR) is 110 cm³/mol. The minimum atomic E-state index is -1.20. The van der Waals surface area contributed by atoms with Crippen molar-refractivity contribution in [2.45, 2.75) is 31.6 Å². The Kier molecular flexibility index (Phi) is 6.19. The van der Waals surface area contributed by atoms with Crippen molar-refractivity contribution in [2.75, 3.05) is 29.9 Å². The zero-order chi connectivity index (χ0) is 22.8. The molecule has 4 rings (SSSR count). The maximum absolute atomic E-state index is 14.9. The first-order chi connectivity index (χ1) is 15.3. The quantitative estimate of drug-likeness (QED) is 0.590. The van der Waals surface area contributed by atoms with E-state index in [9.17, 15) is 23.5 Å². The zero-order valence-corrected chi connectivity index (χ0v) is 17.2. The Morgan fingerprint density at radius 3 is 2.81 bits per heavy atom. The predicted octanol–water partition coefficient (Wildman–Crippen LogP) is 2.09. The van der Waals surface area contributed by atoms with Gasteiger partial charge >= 0.3 is 6.09 Å². The fourth-order valence-corrected chi connectivity index (χ4v) is 3.74. The highest BCUT2D eigenvalue weighted by molar-refractivity contribution is 5.92. The summed E-state index contributed by atoms with van der Waals surface area (Å²) in [6.45, 7) is 2.01. The number of carbonyl (C=O) groups is 2. The summed E-state index contributed by atoms with van der Waals surface area (Å²) in [7, 11) is 0. The molecular weight excluding hydrogens is 426 g/mol. The number of ketones is 1. The van der Waals surface area contributed by atoms with Gasteiger partial charge in [-0.15, -0.1) is 0 Å². The molecular formula is C21H22F2N4O5. The fourth-order valence-electron chi connectivity index (χ4n) is 3.74. The van der Waals surface area contributed by atoms with Crippen LogP contribution in [-0.2, 0) is 9.53 Å². The van der Waals surface area contributed by atoms with E-state index in [0.717, 1.165) is 17.0 Å². The van der Waals surface area contributed by atoms with Crippen molar-refractivity contribution in [1.82, 2.24) is 10.5 Å². The average molecular weight is 448 g/mol. The Hall–Kier alpha value is -3.31. The molecule has 1 aromatic carbocycles. The monoisotopic (exact) mass is 448 g/mol. The number of hydrogen-bond donors (Lipinski definition) is 3. The molecule has 3 atom stereocenters. The minimum absolute atomic E-state index is 0.0313. The molecule has 0 aliphatic carbocycles. The summed E-state index contributed by atoms with van der Waals surface area (Å²) in [5, 5.41) is 19.0. The SMILES string of the molecule is C[C@H](O)C(=O)C1C=C(c2c(F)cc(N3C[C@H](CNc4ccon4)OC3=O)cc2F)CCN1. The van der Waals surface area contributed by atoms with Gasteiger partial charge in [-0.2, -0.15) is 0 Å². The van der Waals surface area contributed by atoms with Crippen molar-refractivity contribution in [3.63, 3.8) is 0 Å². The number of aromatic nitrogens is 1. The first-order valence-electron chi connectivity index (χ1n) is 10.1. The third kappa shape index (κ3) is 4.48. The summed E-state index contributed by atoms with van der Waals surface area (Å²) in [5.74, 6) is -1.71. The number of Topliss-reactive ketones (excluding diaryl/α,β-unsaturated/α-hetero) is 1. The van der Waals surface area contributed by atoms with Crippen LogP contribution in [0.15, 0.2) is 35.1 Å². The molecule has 170 valence electrons. The van der Waals surface area contributed by atoms with Crippen molar-refractivity contribution in [3.8, 4) is 0 Å². The smallest absolute Gasteiger partial charge is 0.414 e. The molecule has 1 aromatic heterocycles. The van der Waals surface area contributed by atoms with E-state index in [2.05, 4.69) is 15.8 Å². The number of nitrogens with zero attached hydrogens (tertiary/aromatic N) is 2. The van der Waals surface area contributed by atoms with Gasteiger partial charge in [-0.25, -0.2) is 13.6 Å². The van der Waals surface area contributed by atoms with E-state index in [4.69, 9.17) is 9.26 Å². The summed E-state index contributed by atoms with van der Waals surface area (Å²) in [5.41, 5.74) is 0.0993. The maximum Gasteiger partial charge on any atom is 0.414 e. The van der Waals surface area contributed by atoms with E-state index in [0.29, 0.717) is 24.4 Å². The van der Waals surface area contributed by atoms with Crippen molar-refractivity contribution >= 4 is 29.0 Å². The lowest BCUT2D eigenvalue weighted by Gasteiger charge is -2.24. The molecule has 11 heteroatoms. The maximum atomic E-state index is 14.9. The number of halogens is 2. The molecule has 0 saturated carbocycles. The average Bonchev–Trinajstić information content (AvgIpc) is 3.40. The first-order valence-corrected chi connectivity index (χ1v) is 10.1. The zero-order valence-electron chi connectivity index (χ0n) is 17.2. The Morgan fingerprint density at radius 2 is 2.16 bits per heavy atom. The van der Waals surface area contributed by atoms with Crippen LogP contribution >= 0.6 is 0 Å². The third-order valence-corrected chi connectivity index (χ3v) is 5.33. The second kappa shape index (κ2) is 9.05. The van der Waals surface area contributed by atoms with E-state index in [-0.39, 0.29) is 24.3 Å². The third-order valence-electron chi connectivity index (χ3n) is 5.33. The standard InChI is InChI=1S/C21H22F2N4O5/c1-11(28)20(29)17-6-12(2-4-24-17)19-15(22)7-13(8-16(19)23)27-10-14(32-21(27)30)9-25-18-3-5-31-26-18/h3,5-8,11,14,17,24,28H,2,4,9-10H2,1H3,(H,25,26)/t11-,14-,17?/m0/s1. The van der Waals surface area contributed by atoms with E-state index in [1.54, 1.807) is 6.07 Å². The summed E-state index contributed by atoms with van der Waals surface area (Å²) in [6.07, 6.45) is 0.654. The minimum Gasteiger partial charge on any atom is -0.442 e.